The summed E-state index contributed by atoms with van der Waals surface area (Å²) in [4.78, 5) is 0. The Kier molecular flexibility index (Phi) is 2.98. The predicted molar refractivity (Wildman–Crippen MR) is 175 cm³/mol. The highest BCUT2D eigenvalue weighted by Gasteiger charge is 2.21. The van der Waals surface area contributed by atoms with Crippen LogP contribution in [0, 0.1) is 0 Å². The van der Waals surface area contributed by atoms with Crippen molar-refractivity contribution in [3.8, 4) is 22.3 Å². The molecule has 1 heteroatoms. The summed E-state index contributed by atoms with van der Waals surface area (Å²) < 4.78 is 105. The first-order valence-electron chi connectivity index (χ1n) is 18.7. The third-order valence-corrected chi connectivity index (χ3v) is 7.80. The Balaban J connectivity index is 1.62. The standard InChI is InChI=1S/C40H24O/c1-2-12-27(13-3-1)37-33(22-23-36-39(37)34-21-19-26-11-5-9-17-31(26)40(34)41-36)38-30-16-8-6-14-28(30)24-35-29-15-7-4-10-25(29)18-20-32(35)38/h1-24H/i4D,6D,7D,8D,10D,14D,15D,16D,18D,20D,24D. The van der Waals surface area contributed by atoms with Crippen LogP contribution in [0.3, 0.4) is 0 Å². The van der Waals surface area contributed by atoms with Crippen LogP contribution in [0.5, 0.6) is 0 Å². The SMILES string of the molecule is [2H]c1c([2H])c([2H])c2c([2H])c3c(c([2H])c([2H])c4c([2H])c([2H])c([2H])c([2H])c43)c(-c3ccc4oc5c6ccccc6ccc5c4c3-c3ccccc3)c2c1[2H]. The van der Waals surface area contributed by atoms with Gasteiger partial charge in [-0.2, -0.15) is 0 Å². The number of hydrogen-bond donors (Lipinski definition) is 0. The molecular weight excluding hydrogens is 496 g/mol. The summed E-state index contributed by atoms with van der Waals surface area (Å²) in [5, 5.41) is 2.64. The zero-order chi connectivity index (χ0) is 36.5. The molecule has 0 saturated carbocycles. The lowest BCUT2D eigenvalue weighted by Crippen LogP contribution is -1.91. The summed E-state index contributed by atoms with van der Waals surface area (Å²) in [6.45, 7) is 0. The molecule has 1 nitrogen and oxygen atoms in total. The molecule has 0 spiro atoms. The second-order valence-corrected chi connectivity index (χ2v) is 9.99. The van der Waals surface area contributed by atoms with Crippen LogP contribution in [-0.2, 0) is 0 Å². The fourth-order valence-corrected chi connectivity index (χ4v) is 6.04. The number of benzene rings is 8. The molecule has 9 aromatic rings. The first-order valence-corrected chi connectivity index (χ1v) is 13.2. The van der Waals surface area contributed by atoms with Crippen molar-refractivity contribution in [2.45, 2.75) is 0 Å². The molecule has 0 saturated heterocycles. The van der Waals surface area contributed by atoms with E-state index in [1.807, 2.05) is 66.7 Å². The average Bonchev–Trinajstić information content (AvgIpc) is 3.55. The van der Waals surface area contributed by atoms with Gasteiger partial charge in [0.25, 0.3) is 0 Å². The van der Waals surface area contributed by atoms with Gasteiger partial charge < -0.3 is 4.42 Å². The van der Waals surface area contributed by atoms with Gasteiger partial charge in [-0.3, -0.25) is 0 Å². The highest BCUT2D eigenvalue weighted by molar-refractivity contribution is 6.25. The Morgan fingerprint density at radius 3 is 2.15 bits per heavy atom. The molecule has 1 aromatic heterocycles. The van der Waals surface area contributed by atoms with Gasteiger partial charge in [0, 0.05) is 21.7 Å². The molecule has 0 unspecified atom stereocenters. The lowest BCUT2D eigenvalue weighted by molar-refractivity contribution is 0.673. The van der Waals surface area contributed by atoms with E-state index in [1.165, 1.54) is 0 Å². The van der Waals surface area contributed by atoms with E-state index in [0.717, 1.165) is 21.7 Å². The lowest BCUT2D eigenvalue weighted by atomic mass is 9.85. The minimum absolute atomic E-state index is 0.0279. The Labute approximate surface area is 252 Å². The first kappa shape index (κ1) is 14.3. The van der Waals surface area contributed by atoms with Crippen LogP contribution in [0.2, 0.25) is 0 Å². The van der Waals surface area contributed by atoms with E-state index in [2.05, 4.69) is 0 Å². The Morgan fingerprint density at radius 1 is 0.463 bits per heavy atom. The lowest BCUT2D eigenvalue weighted by Gasteiger charge is -2.18. The van der Waals surface area contributed by atoms with Crippen LogP contribution >= 0.6 is 0 Å². The van der Waals surface area contributed by atoms with Crippen LogP contribution in [0.1, 0.15) is 15.1 Å². The van der Waals surface area contributed by atoms with Gasteiger partial charge in [0.15, 0.2) is 0 Å². The summed E-state index contributed by atoms with van der Waals surface area (Å²) in [6, 6.07) is 19.1. The third-order valence-electron chi connectivity index (χ3n) is 7.80. The highest BCUT2D eigenvalue weighted by Crippen LogP contribution is 2.48. The van der Waals surface area contributed by atoms with Gasteiger partial charge in [0.2, 0.25) is 0 Å². The third kappa shape index (κ3) is 3.24. The average molecular weight is 532 g/mol. The zero-order valence-electron chi connectivity index (χ0n) is 32.4. The molecule has 0 radical (unpaired) electrons. The maximum atomic E-state index is 9.49. The van der Waals surface area contributed by atoms with Gasteiger partial charge in [-0.05, 0) is 78.6 Å². The van der Waals surface area contributed by atoms with E-state index in [9.17, 15) is 4.11 Å². The number of rotatable bonds is 2. The Morgan fingerprint density at radius 2 is 1.24 bits per heavy atom. The fraction of sp³-hybridized carbons (Fsp3) is 0. The number of fused-ring (bicyclic) bond motifs is 9. The van der Waals surface area contributed by atoms with Gasteiger partial charge in [-0.25, -0.2) is 0 Å². The molecule has 0 atom stereocenters. The van der Waals surface area contributed by atoms with Gasteiger partial charge in [0.05, 0.1) is 15.1 Å². The highest BCUT2D eigenvalue weighted by atomic mass is 16.3. The molecule has 0 aliphatic rings. The fourth-order valence-electron chi connectivity index (χ4n) is 6.04. The first-order chi connectivity index (χ1) is 24.9. The number of furan rings is 1. The van der Waals surface area contributed by atoms with E-state index >= 15 is 0 Å². The molecule has 0 N–H and O–H groups in total. The number of hydrogen-bond acceptors (Lipinski definition) is 1. The minimum Gasteiger partial charge on any atom is -0.455 e. The van der Waals surface area contributed by atoms with Gasteiger partial charge >= 0.3 is 0 Å². The van der Waals surface area contributed by atoms with Gasteiger partial charge in [-0.15, -0.1) is 0 Å². The molecule has 9 rings (SSSR count). The van der Waals surface area contributed by atoms with Crippen LogP contribution in [0.15, 0.2) is 150 Å². The van der Waals surface area contributed by atoms with Crippen LogP contribution in [0.4, 0.5) is 0 Å². The van der Waals surface area contributed by atoms with Crippen LogP contribution < -0.4 is 0 Å². The Hall–Kier alpha value is -5.40. The maximum Gasteiger partial charge on any atom is 0.143 e. The topological polar surface area (TPSA) is 13.1 Å². The second kappa shape index (κ2) is 8.55. The molecule has 0 amide bonds. The molecule has 0 aliphatic carbocycles. The van der Waals surface area contributed by atoms with E-state index < -0.39 is 66.5 Å². The maximum absolute atomic E-state index is 9.49. The van der Waals surface area contributed by atoms with Crippen molar-refractivity contribution in [3.05, 3.63) is 145 Å². The van der Waals surface area contributed by atoms with Crippen molar-refractivity contribution in [2.24, 2.45) is 0 Å². The minimum atomic E-state index is -0.588. The van der Waals surface area contributed by atoms with Gasteiger partial charge in [-0.1, -0.05) is 121 Å². The van der Waals surface area contributed by atoms with E-state index in [-0.39, 0.29) is 37.9 Å². The molecule has 0 bridgehead atoms. The molecule has 41 heavy (non-hydrogen) atoms. The summed E-state index contributed by atoms with van der Waals surface area (Å²) in [7, 11) is 0. The zero-order valence-corrected chi connectivity index (χ0v) is 21.4. The van der Waals surface area contributed by atoms with Crippen molar-refractivity contribution in [3.63, 3.8) is 0 Å². The molecular formula is C40H24O. The van der Waals surface area contributed by atoms with E-state index in [1.54, 1.807) is 12.1 Å². The molecule has 1 heterocycles. The predicted octanol–water partition coefficient (Wildman–Crippen LogP) is 11.5. The largest absolute Gasteiger partial charge is 0.455 e. The summed E-state index contributed by atoms with van der Waals surface area (Å²) in [5.74, 6) is 0. The monoisotopic (exact) mass is 531 g/mol. The van der Waals surface area contributed by atoms with Crippen molar-refractivity contribution in [1.82, 2.24) is 0 Å². The van der Waals surface area contributed by atoms with Crippen molar-refractivity contribution in [2.75, 3.05) is 0 Å². The van der Waals surface area contributed by atoms with Crippen molar-refractivity contribution < 1.29 is 19.5 Å². The van der Waals surface area contributed by atoms with E-state index in [4.69, 9.17) is 15.4 Å². The summed E-state index contributed by atoms with van der Waals surface area (Å²) in [6.07, 6.45) is 0. The van der Waals surface area contributed by atoms with Gasteiger partial charge in [0.1, 0.15) is 11.2 Å². The summed E-state index contributed by atoms with van der Waals surface area (Å²) >= 11 is 0. The molecule has 190 valence electrons. The van der Waals surface area contributed by atoms with Crippen molar-refractivity contribution in [1.29, 1.82) is 0 Å². The summed E-state index contributed by atoms with van der Waals surface area (Å²) in [5.41, 5.74) is 3.14. The molecule has 8 aromatic carbocycles. The van der Waals surface area contributed by atoms with Crippen molar-refractivity contribution >= 4 is 65.0 Å². The van der Waals surface area contributed by atoms with E-state index in [0.29, 0.717) is 27.7 Å². The quantitative estimate of drug-likeness (QED) is 0.160. The normalized spacial score (nSPS) is 15.7. The second-order valence-electron chi connectivity index (χ2n) is 9.99. The molecule has 0 aliphatic heterocycles. The smallest absolute Gasteiger partial charge is 0.143 e. The van der Waals surface area contributed by atoms with Crippen LogP contribution in [-0.4, -0.2) is 0 Å². The molecule has 0 fully saturated rings. The Bertz CT molecular complexity index is 3080. The van der Waals surface area contributed by atoms with Crippen LogP contribution in [0.25, 0.3) is 87.3 Å².